The lowest BCUT2D eigenvalue weighted by Gasteiger charge is -2.10. The molecule has 0 aliphatic heterocycles. The maximum atomic E-state index is 12.3. The topological polar surface area (TPSA) is 125 Å². The molecule has 0 aliphatic carbocycles. The van der Waals surface area contributed by atoms with Crippen molar-refractivity contribution in [2.24, 2.45) is 5.73 Å². The maximum absolute atomic E-state index is 12.3. The lowest BCUT2D eigenvalue weighted by atomic mass is 10.0. The lowest BCUT2D eigenvalue weighted by molar-refractivity contribution is 0.0953. The first-order valence-electron chi connectivity index (χ1n) is 14.9. The summed E-state index contributed by atoms with van der Waals surface area (Å²) in [6, 6.07) is 28.0. The zero-order valence-electron chi connectivity index (χ0n) is 25.1. The van der Waals surface area contributed by atoms with Gasteiger partial charge in [0.15, 0.2) is 0 Å². The van der Waals surface area contributed by atoms with E-state index in [9.17, 15) is 4.79 Å². The maximum Gasteiger partial charge on any atom is 0.251 e. The summed E-state index contributed by atoms with van der Waals surface area (Å²) in [6.07, 6.45) is 1.74. The van der Waals surface area contributed by atoms with E-state index in [0.717, 1.165) is 81.1 Å². The number of benzene rings is 4. The lowest BCUT2D eigenvalue weighted by Crippen LogP contribution is -2.25. The van der Waals surface area contributed by atoms with E-state index in [1.165, 1.54) is 0 Å². The van der Waals surface area contributed by atoms with E-state index in [-0.39, 0.29) is 5.91 Å². The van der Waals surface area contributed by atoms with E-state index >= 15 is 0 Å². The molecule has 6 aromatic rings. The Morgan fingerprint density at radius 1 is 0.773 bits per heavy atom. The van der Waals surface area contributed by atoms with Gasteiger partial charge in [-0.05, 0) is 105 Å². The van der Waals surface area contributed by atoms with Gasteiger partial charge >= 0.3 is 0 Å². The minimum Gasteiger partial charge on any atom is -0.494 e. The van der Waals surface area contributed by atoms with Crippen LogP contribution in [-0.2, 0) is 0 Å². The Bertz CT molecular complexity index is 1870. The van der Waals surface area contributed by atoms with E-state index in [0.29, 0.717) is 25.3 Å². The molecule has 0 radical (unpaired) electrons. The molecule has 224 valence electrons. The number of nitrogens with two attached hydrogens (primary N) is 1. The van der Waals surface area contributed by atoms with Gasteiger partial charge in [-0.3, -0.25) is 4.79 Å². The van der Waals surface area contributed by atoms with Crippen molar-refractivity contribution in [2.45, 2.75) is 12.8 Å². The summed E-state index contributed by atoms with van der Waals surface area (Å²) in [4.78, 5) is 31.0. The van der Waals surface area contributed by atoms with E-state index < -0.39 is 0 Å². The molecule has 0 fully saturated rings. The molecule has 44 heavy (non-hydrogen) atoms. The Hall–Kier alpha value is -4.99. The average molecular weight is 588 g/mol. The molecule has 2 heterocycles. The van der Waals surface area contributed by atoms with Crippen molar-refractivity contribution in [3.05, 3.63) is 90.5 Å². The molecule has 6 rings (SSSR count). The SMILES string of the molecule is CN(C)CCCOc1ccc(-c2nc3ccc(-c4ccc5nc(-c6ccc(C(=O)NCCCN)cc6)[nH]c5c4)cc3[nH]2)cc1. The van der Waals surface area contributed by atoms with Gasteiger partial charge in [0.25, 0.3) is 5.91 Å². The van der Waals surface area contributed by atoms with Crippen LogP contribution in [0.1, 0.15) is 23.2 Å². The molecule has 5 N–H and O–H groups in total. The fraction of sp³-hybridized carbons (Fsp3) is 0.229. The predicted molar refractivity (Wildman–Crippen MR) is 177 cm³/mol. The van der Waals surface area contributed by atoms with Crippen LogP contribution in [0.5, 0.6) is 5.75 Å². The second-order valence-electron chi connectivity index (χ2n) is 11.1. The molecule has 4 aromatic carbocycles. The van der Waals surface area contributed by atoms with Crippen LogP contribution in [0.2, 0.25) is 0 Å². The number of hydrogen-bond acceptors (Lipinski definition) is 6. The first-order valence-corrected chi connectivity index (χ1v) is 14.9. The van der Waals surface area contributed by atoms with Crippen molar-refractivity contribution in [1.82, 2.24) is 30.2 Å². The number of aromatic amines is 2. The van der Waals surface area contributed by atoms with E-state index in [4.69, 9.17) is 20.4 Å². The number of nitrogens with one attached hydrogen (secondary N) is 3. The Labute approximate surface area is 256 Å². The van der Waals surface area contributed by atoms with E-state index in [1.54, 1.807) is 0 Å². The van der Waals surface area contributed by atoms with Gasteiger partial charge in [0, 0.05) is 29.8 Å². The van der Waals surface area contributed by atoms with Crippen LogP contribution in [0, 0.1) is 0 Å². The first-order chi connectivity index (χ1) is 21.5. The van der Waals surface area contributed by atoms with Crippen LogP contribution in [0.3, 0.4) is 0 Å². The number of carbonyl (C=O) groups is 1. The normalized spacial score (nSPS) is 11.5. The van der Waals surface area contributed by atoms with Crippen molar-refractivity contribution in [3.63, 3.8) is 0 Å². The molecule has 0 saturated heterocycles. The number of H-pyrrole nitrogens is 2. The van der Waals surface area contributed by atoms with Gasteiger partial charge in [-0.15, -0.1) is 0 Å². The summed E-state index contributed by atoms with van der Waals surface area (Å²) >= 11 is 0. The third kappa shape index (κ3) is 6.64. The molecule has 9 nitrogen and oxygen atoms in total. The second kappa shape index (κ2) is 13.1. The number of imidazole rings is 2. The highest BCUT2D eigenvalue weighted by atomic mass is 16.5. The average Bonchev–Trinajstić information content (AvgIpc) is 3.67. The number of rotatable bonds is 12. The standard InChI is InChI=1S/C35H37N7O2/c1-42(2)19-4-20-44-28-13-9-24(10-14-28)34-39-30-16-12-27(22-32(30)41-34)26-11-15-29-31(21-26)40-33(38-29)23-5-7-25(8-6-23)35(43)37-18-3-17-36/h5-16,21-22H,3-4,17-20,36H2,1-2H3,(H,37,43)(H,38,40)(H,39,41). The number of nitrogens with zero attached hydrogens (tertiary/aromatic N) is 3. The number of hydrogen-bond donors (Lipinski definition) is 4. The molecule has 1 amide bonds. The molecular formula is C35H37N7O2. The number of fused-ring (bicyclic) bond motifs is 2. The zero-order chi connectivity index (χ0) is 30.5. The minimum absolute atomic E-state index is 0.102. The van der Waals surface area contributed by atoms with Crippen LogP contribution in [-0.4, -0.2) is 71.1 Å². The summed E-state index contributed by atoms with van der Waals surface area (Å²) < 4.78 is 5.87. The Morgan fingerprint density at radius 3 is 1.86 bits per heavy atom. The monoisotopic (exact) mass is 587 g/mol. The summed E-state index contributed by atoms with van der Waals surface area (Å²) in [5.41, 5.74) is 13.9. The molecule has 0 spiro atoms. The van der Waals surface area contributed by atoms with Gasteiger partial charge in [-0.25, -0.2) is 9.97 Å². The van der Waals surface area contributed by atoms with Crippen LogP contribution in [0.4, 0.5) is 0 Å². The summed E-state index contributed by atoms with van der Waals surface area (Å²) in [5, 5.41) is 2.88. The third-order valence-corrected chi connectivity index (χ3v) is 7.53. The van der Waals surface area contributed by atoms with Crippen molar-refractivity contribution >= 4 is 28.0 Å². The molecule has 0 unspecified atom stereocenters. The molecular weight excluding hydrogens is 550 g/mol. The quantitative estimate of drug-likeness (QED) is 0.133. The van der Waals surface area contributed by atoms with E-state index in [1.807, 2.05) is 60.7 Å². The smallest absolute Gasteiger partial charge is 0.251 e. The van der Waals surface area contributed by atoms with Crippen LogP contribution >= 0.6 is 0 Å². The Kier molecular flexibility index (Phi) is 8.67. The highest BCUT2D eigenvalue weighted by Gasteiger charge is 2.11. The van der Waals surface area contributed by atoms with Crippen molar-refractivity contribution in [1.29, 1.82) is 0 Å². The van der Waals surface area contributed by atoms with E-state index in [2.05, 4.69) is 58.5 Å². The molecule has 2 aromatic heterocycles. The Balaban J connectivity index is 1.16. The molecule has 0 bridgehead atoms. The minimum atomic E-state index is -0.102. The highest BCUT2D eigenvalue weighted by molar-refractivity contribution is 5.95. The fourth-order valence-electron chi connectivity index (χ4n) is 5.12. The summed E-state index contributed by atoms with van der Waals surface area (Å²) in [7, 11) is 4.13. The van der Waals surface area contributed by atoms with Gasteiger partial charge in [0.05, 0.1) is 28.7 Å². The summed E-state index contributed by atoms with van der Waals surface area (Å²) in [6.45, 7) is 2.82. The van der Waals surface area contributed by atoms with Crippen LogP contribution < -0.4 is 15.8 Å². The van der Waals surface area contributed by atoms with Crippen molar-refractivity contribution in [2.75, 3.05) is 40.3 Å². The fourth-order valence-corrected chi connectivity index (χ4v) is 5.12. The van der Waals surface area contributed by atoms with Crippen molar-refractivity contribution < 1.29 is 9.53 Å². The number of carbonyl (C=O) groups excluding carboxylic acids is 1. The van der Waals surface area contributed by atoms with Gasteiger partial charge in [0.1, 0.15) is 17.4 Å². The van der Waals surface area contributed by atoms with Gasteiger partial charge in [-0.2, -0.15) is 0 Å². The number of ether oxygens (including phenoxy) is 1. The predicted octanol–water partition coefficient (Wildman–Crippen LogP) is 5.85. The second-order valence-corrected chi connectivity index (χ2v) is 11.1. The van der Waals surface area contributed by atoms with Crippen LogP contribution in [0.25, 0.3) is 56.0 Å². The zero-order valence-corrected chi connectivity index (χ0v) is 25.1. The van der Waals surface area contributed by atoms with Gasteiger partial charge < -0.3 is 30.7 Å². The van der Waals surface area contributed by atoms with Crippen LogP contribution in [0.15, 0.2) is 84.9 Å². The van der Waals surface area contributed by atoms with Gasteiger partial charge in [-0.1, -0.05) is 24.3 Å². The van der Waals surface area contributed by atoms with Crippen molar-refractivity contribution in [3.8, 4) is 39.7 Å². The number of amides is 1. The largest absolute Gasteiger partial charge is 0.494 e. The molecule has 0 aliphatic rings. The molecule has 9 heteroatoms. The first kappa shape index (κ1) is 29.1. The highest BCUT2D eigenvalue weighted by Crippen LogP contribution is 2.30. The third-order valence-electron chi connectivity index (χ3n) is 7.53. The van der Waals surface area contributed by atoms with Gasteiger partial charge in [0.2, 0.25) is 0 Å². The molecule has 0 atom stereocenters. The number of aromatic nitrogens is 4. The summed E-state index contributed by atoms with van der Waals surface area (Å²) in [5.74, 6) is 2.34. The Morgan fingerprint density at radius 2 is 1.32 bits per heavy atom. The molecule has 0 saturated carbocycles.